The maximum absolute atomic E-state index is 13.0. The third-order valence-corrected chi connectivity index (χ3v) is 4.54. The highest BCUT2D eigenvalue weighted by Crippen LogP contribution is 2.30. The van der Waals surface area contributed by atoms with Crippen molar-refractivity contribution >= 4 is 23.5 Å². The summed E-state index contributed by atoms with van der Waals surface area (Å²) in [6.07, 6.45) is -2.34. The molecule has 9 heteroatoms. The number of halogens is 4. The van der Waals surface area contributed by atoms with Gasteiger partial charge in [0.1, 0.15) is 6.54 Å². The van der Waals surface area contributed by atoms with Crippen LogP contribution in [-0.2, 0) is 23.8 Å². The lowest BCUT2D eigenvalue weighted by atomic mass is 9.99. The van der Waals surface area contributed by atoms with Crippen LogP contribution in [0.5, 0.6) is 0 Å². The first-order chi connectivity index (χ1) is 14.2. The van der Waals surface area contributed by atoms with Gasteiger partial charge < -0.3 is 10.4 Å². The Bertz CT molecular complexity index is 1040. The summed E-state index contributed by atoms with van der Waals surface area (Å²) in [5, 5.41) is 12.0. The third-order valence-electron chi connectivity index (χ3n) is 4.29. The first-order valence-corrected chi connectivity index (χ1v) is 9.29. The Morgan fingerprint density at radius 1 is 1.07 bits per heavy atom. The van der Waals surface area contributed by atoms with Gasteiger partial charge in [-0.05, 0) is 34.9 Å². The smallest absolute Gasteiger partial charge is 0.416 e. The quantitative estimate of drug-likeness (QED) is 0.556. The number of anilines is 1. The van der Waals surface area contributed by atoms with Crippen molar-refractivity contribution in [1.82, 2.24) is 9.97 Å². The fourth-order valence-electron chi connectivity index (χ4n) is 2.86. The Morgan fingerprint density at radius 2 is 1.80 bits per heavy atom. The SMILES string of the molecule is O=C(O)CNc1ncc(Cc2cccc(C(F)(F)F)c2)c(Cc2ccc(Cl)cc2)n1. The number of carboxylic acid groups (broad SMARTS) is 1. The summed E-state index contributed by atoms with van der Waals surface area (Å²) in [4.78, 5) is 19.3. The molecule has 0 aliphatic heterocycles. The second-order valence-corrected chi connectivity index (χ2v) is 7.03. The molecule has 0 saturated heterocycles. The monoisotopic (exact) mass is 435 g/mol. The maximum atomic E-state index is 13.0. The number of nitrogens with one attached hydrogen (secondary N) is 1. The fourth-order valence-corrected chi connectivity index (χ4v) is 2.98. The molecule has 0 aliphatic carbocycles. The average Bonchev–Trinajstić information content (AvgIpc) is 2.69. The highest BCUT2D eigenvalue weighted by Gasteiger charge is 2.30. The number of hydrogen-bond acceptors (Lipinski definition) is 4. The second-order valence-electron chi connectivity index (χ2n) is 6.59. The minimum absolute atomic E-state index is 0.133. The van der Waals surface area contributed by atoms with Crippen LogP contribution < -0.4 is 5.32 Å². The molecule has 0 aliphatic rings. The van der Waals surface area contributed by atoms with E-state index >= 15 is 0 Å². The largest absolute Gasteiger partial charge is 0.480 e. The Kier molecular flexibility index (Phi) is 6.56. The van der Waals surface area contributed by atoms with Gasteiger partial charge >= 0.3 is 12.1 Å². The number of carboxylic acids is 1. The van der Waals surface area contributed by atoms with Crippen LogP contribution in [-0.4, -0.2) is 27.6 Å². The van der Waals surface area contributed by atoms with Crippen molar-refractivity contribution in [2.45, 2.75) is 19.0 Å². The van der Waals surface area contributed by atoms with Crippen molar-refractivity contribution in [3.63, 3.8) is 0 Å². The summed E-state index contributed by atoms with van der Waals surface area (Å²) in [6, 6.07) is 12.2. The number of aromatic nitrogens is 2. The van der Waals surface area contributed by atoms with Crippen LogP contribution in [0.2, 0.25) is 5.02 Å². The number of nitrogens with zero attached hydrogens (tertiary/aromatic N) is 2. The molecule has 0 unspecified atom stereocenters. The van der Waals surface area contributed by atoms with E-state index in [1.165, 1.54) is 12.3 Å². The summed E-state index contributed by atoms with van der Waals surface area (Å²) in [5.74, 6) is -0.931. The van der Waals surface area contributed by atoms with Crippen LogP contribution in [0.1, 0.15) is 27.9 Å². The predicted molar refractivity (Wildman–Crippen MR) is 107 cm³/mol. The number of aliphatic carboxylic acids is 1. The first kappa shape index (κ1) is 21.6. The minimum atomic E-state index is -4.43. The van der Waals surface area contributed by atoms with Crippen molar-refractivity contribution < 1.29 is 23.1 Å². The van der Waals surface area contributed by atoms with Gasteiger partial charge in [-0.25, -0.2) is 9.97 Å². The summed E-state index contributed by atoms with van der Waals surface area (Å²) in [7, 11) is 0. The average molecular weight is 436 g/mol. The summed E-state index contributed by atoms with van der Waals surface area (Å²) >= 11 is 5.92. The molecule has 156 valence electrons. The second kappa shape index (κ2) is 9.13. The van der Waals surface area contributed by atoms with E-state index in [9.17, 15) is 18.0 Å². The van der Waals surface area contributed by atoms with Gasteiger partial charge in [0.25, 0.3) is 0 Å². The lowest BCUT2D eigenvalue weighted by Gasteiger charge is -2.13. The van der Waals surface area contributed by atoms with Crippen LogP contribution in [0.25, 0.3) is 0 Å². The molecular weight excluding hydrogens is 419 g/mol. The van der Waals surface area contributed by atoms with E-state index in [0.29, 0.717) is 28.3 Å². The lowest BCUT2D eigenvalue weighted by molar-refractivity contribution is -0.137. The van der Waals surface area contributed by atoms with Gasteiger partial charge in [-0.1, -0.05) is 41.9 Å². The molecule has 0 fully saturated rings. The number of hydrogen-bond donors (Lipinski definition) is 2. The van der Waals surface area contributed by atoms with Gasteiger partial charge in [0.15, 0.2) is 0 Å². The Morgan fingerprint density at radius 3 is 2.47 bits per heavy atom. The predicted octanol–water partition coefficient (Wildman–Crippen LogP) is 4.83. The van der Waals surface area contributed by atoms with Crippen LogP contribution in [0.15, 0.2) is 54.7 Å². The van der Waals surface area contributed by atoms with E-state index in [0.717, 1.165) is 17.7 Å². The molecule has 0 saturated carbocycles. The molecule has 3 aromatic rings. The fraction of sp³-hybridized carbons (Fsp3) is 0.190. The van der Waals surface area contributed by atoms with Crippen molar-refractivity contribution in [3.05, 3.63) is 87.7 Å². The van der Waals surface area contributed by atoms with Crippen molar-refractivity contribution in [3.8, 4) is 0 Å². The number of benzene rings is 2. The van der Waals surface area contributed by atoms with Crippen molar-refractivity contribution in [2.24, 2.45) is 0 Å². The van der Waals surface area contributed by atoms with Gasteiger partial charge in [0.2, 0.25) is 5.95 Å². The molecule has 3 rings (SSSR count). The van der Waals surface area contributed by atoms with E-state index in [1.807, 2.05) is 12.1 Å². The normalized spacial score (nSPS) is 11.3. The van der Waals surface area contributed by atoms with Crippen LogP contribution in [0.4, 0.5) is 19.1 Å². The van der Waals surface area contributed by atoms with E-state index in [1.54, 1.807) is 18.2 Å². The highest BCUT2D eigenvalue weighted by molar-refractivity contribution is 6.30. The van der Waals surface area contributed by atoms with Gasteiger partial charge in [0, 0.05) is 24.1 Å². The molecule has 1 heterocycles. The van der Waals surface area contributed by atoms with E-state index < -0.39 is 17.7 Å². The van der Waals surface area contributed by atoms with Crippen molar-refractivity contribution in [2.75, 3.05) is 11.9 Å². The molecular formula is C21H17ClF3N3O2. The standard InChI is InChI=1S/C21H17ClF3N3O2/c22-17-6-4-13(5-7-17)10-18-15(11-26-20(28-18)27-12-19(29)30)8-14-2-1-3-16(9-14)21(23,24)25/h1-7,9,11H,8,10,12H2,(H,29,30)(H,26,27,28). The lowest BCUT2D eigenvalue weighted by Crippen LogP contribution is -2.15. The molecule has 0 radical (unpaired) electrons. The number of rotatable bonds is 7. The molecule has 0 spiro atoms. The summed E-state index contributed by atoms with van der Waals surface area (Å²) in [6.45, 7) is -0.354. The van der Waals surface area contributed by atoms with Gasteiger partial charge in [-0.15, -0.1) is 0 Å². The molecule has 0 amide bonds. The van der Waals surface area contributed by atoms with E-state index in [2.05, 4.69) is 15.3 Å². The third kappa shape index (κ3) is 5.93. The number of alkyl halides is 3. The maximum Gasteiger partial charge on any atom is 0.416 e. The molecule has 0 bridgehead atoms. The topological polar surface area (TPSA) is 75.1 Å². The zero-order chi connectivity index (χ0) is 21.7. The first-order valence-electron chi connectivity index (χ1n) is 8.92. The Labute approximate surface area is 175 Å². The molecule has 30 heavy (non-hydrogen) atoms. The van der Waals surface area contributed by atoms with Gasteiger partial charge in [0.05, 0.1) is 11.3 Å². The summed E-state index contributed by atoms with van der Waals surface area (Å²) in [5.41, 5.74) is 1.87. The van der Waals surface area contributed by atoms with E-state index in [-0.39, 0.29) is 18.9 Å². The van der Waals surface area contributed by atoms with Crippen LogP contribution >= 0.6 is 11.6 Å². The molecule has 1 aromatic heterocycles. The van der Waals surface area contributed by atoms with Crippen LogP contribution in [0.3, 0.4) is 0 Å². The molecule has 5 nitrogen and oxygen atoms in total. The Hall–Kier alpha value is -3.13. The summed E-state index contributed by atoms with van der Waals surface area (Å²) < 4.78 is 39.1. The Balaban J connectivity index is 1.92. The molecule has 0 atom stereocenters. The highest BCUT2D eigenvalue weighted by atomic mass is 35.5. The number of carbonyl (C=O) groups is 1. The van der Waals surface area contributed by atoms with E-state index in [4.69, 9.17) is 16.7 Å². The zero-order valence-electron chi connectivity index (χ0n) is 15.6. The minimum Gasteiger partial charge on any atom is -0.480 e. The van der Waals surface area contributed by atoms with Crippen molar-refractivity contribution in [1.29, 1.82) is 0 Å². The molecule has 2 N–H and O–H groups in total. The molecule has 2 aromatic carbocycles. The van der Waals surface area contributed by atoms with Gasteiger partial charge in [-0.2, -0.15) is 13.2 Å². The van der Waals surface area contributed by atoms with Gasteiger partial charge in [-0.3, -0.25) is 4.79 Å². The zero-order valence-corrected chi connectivity index (χ0v) is 16.3. The van der Waals surface area contributed by atoms with Crippen LogP contribution in [0, 0.1) is 0 Å².